The van der Waals surface area contributed by atoms with Crippen molar-refractivity contribution in [2.75, 3.05) is 7.11 Å². The lowest BCUT2D eigenvalue weighted by molar-refractivity contribution is -0.123. The van der Waals surface area contributed by atoms with Crippen LogP contribution in [0.1, 0.15) is 79.4 Å². The molecule has 1 unspecified atom stereocenters. The Hall–Kier alpha value is -2.67. The highest BCUT2D eigenvalue weighted by Gasteiger charge is 2.28. The fraction of sp³-hybridized carbons (Fsp3) is 0.542. The van der Waals surface area contributed by atoms with Crippen LogP contribution in [-0.4, -0.2) is 35.1 Å². The van der Waals surface area contributed by atoms with Gasteiger partial charge < -0.3 is 19.6 Å². The zero-order valence-electron chi connectivity index (χ0n) is 18.1. The Kier molecular flexibility index (Phi) is 8.64. The number of aliphatic hydroxyl groups excluding tert-OH is 1. The molecule has 168 valence electrons. The maximum Gasteiger partial charge on any atom is 0.360 e. The lowest BCUT2D eigenvalue weighted by Crippen LogP contribution is -2.40. The van der Waals surface area contributed by atoms with E-state index in [0.29, 0.717) is 25.2 Å². The third-order valence-corrected chi connectivity index (χ3v) is 5.99. The van der Waals surface area contributed by atoms with Gasteiger partial charge in [0.15, 0.2) is 11.8 Å². The molecule has 1 amide bonds. The van der Waals surface area contributed by atoms with Crippen LogP contribution in [0.25, 0.3) is 0 Å². The quantitative estimate of drug-likeness (QED) is 0.555. The van der Waals surface area contributed by atoms with E-state index in [1.165, 1.54) is 39.2 Å². The predicted molar refractivity (Wildman–Crippen MR) is 115 cm³/mol. The van der Waals surface area contributed by atoms with Gasteiger partial charge in [0.2, 0.25) is 11.8 Å². The van der Waals surface area contributed by atoms with Crippen LogP contribution in [0.3, 0.4) is 0 Å². The normalized spacial score (nSPS) is 16.5. The van der Waals surface area contributed by atoms with Crippen LogP contribution >= 0.6 is 0 Å². The number of ether oxygens (including phenoxy) is 1. The summed E-state index contributed by atoms with van der Waals surface area (Å²) in [5.41, 5.74) is 1.10. The highest BCUT2D eigenvalue weighted by molar-refractivity contribution is 5.86. The standard InChI is InChI=1S/C24H32N2O5/c1-30-24(29)20-16-31-23(26-20)22(28)19(14-12-17-8-4-2-5-9-17)25-21(27)15-13-18-10-6-3-7-11-18/h2,4-5,8-9,16,18-19,22,28H,3,6-7,10-15H2,1H3,(H,25,27)/t19-,22?/m0/s1. The Morgan fingerprint density at radius 2 is 1.97 bits per heavy atom. The van der Waals surface area contributed by atoms with E-state index < -0.39 is 18.1 Å². The number of rotatable bonds is 10. The summed E-state index contributed by atoms with van der Waals surface area (Å²) in [4.78, 5) is 28.3. The number of hydrogen-bond acceptors (Lipinski definition) is 6. The molecule has 1 aliphatic carbocycles. The second-order valence-corrected chi connectivity index (χ2v) is 8.25. The number of aromatic nitrogens is 1. The van der Waals surface area contributed by atoms with Gasteiger partial charge in [-0.05, 0) is 30.7 Å². The lowest BCUT2D eigenvalue weighted by atomic mass is 9.86. The number of aliphatic hydroxyl groups is 1. The maximum atomic E-state index is 12.7. The van der Waals surface area contributed by atoms with Crippen molar-refractivity contribution in [1.82, 2.24) is 10.3 Å². The number of carbonyl (C=O) groups excluding carboxylic acids is 2. The van der Waals surface area contributed by atoms with Crippen molar-refractivity contribution in [3.05, 3.63) is 53.7 Å². The minimum atomic E-state index is -1.17. The third kappa shape index (κ3) is 6.92. The summed E-state index contributed by atoms with van der Waals surface area (Å²) in [6.07, 6.45) is 8.67. The molecular weight excluding hydrogens is 396 g/mol. The van der Waals surface area contributed by atoms with E-state index >= 15 is 0 Å². The molecule has 7 heteroatoms. The number of esters is 1. The number of benzene rings is 1. The molecule has 2 atom stereocenters. The summed E-state index contributed by atoms with van der Waals surface area (Å²) in [5.74, 6) is -0.116. The summed E-state index contributed by atoms with van der Waals surface area (Å²) >= 11 is 0. The van der Waals surface area contributed by atoms with Gasteiger partial charge in [0.1, 0.15) is 6.26 Å². The molecule has 2 N–H and O–H groups in total. The SMILES string of the molecule is COC(=O)c1coc(C(O)[C@H](CCc2ccccc2)NC(=O)CCC2CCCCC2)n1. The van der Waals surface area contributed by atoms with Crippen molar-refractivity contribution in [1.29, 1.82) is 0 Å². The molecule has 1 aromatic carbocycles. The molecule has 1 aliphatic rings. The van der Waals surface area contributed by atoms with E-state index in [4.69, 9.17) is 4.42 Å². The van der Waals surface area contributed by atoms with Crippen LogP contribution < -0.4 is 5.32 Å². The van der Waals surface area contributed by atoms with Crippen LogP contribution in [-0.2, 0) is 16.0 Å². The molecule has 0 radical (unpaired) electrons. The molecule has 7 nitrogen and oxygen atoms in total. The summed E-state index contributed by atoms with van der Waals surface area (Å²) in [6, 6.07) is 9.30. The van der Waals surface area contributed by atoms with Crippen LogP contribution in [0.5, 0.6) is 0 Å². The van der Waals surface area contributed by atoms with Crippen molar-refractivity contribution < 1.29 is 23.8 Å². The van der Waals surface area contributed by atoms with E-state index in [1.54, 1.807) is 0 Å². The summed E-state index contributed by atoms with van der Waals surface area (Å²) < 4.78 is 9.94. The number of carbonyl (C=O) groups is 2. The molecule has 1 saturated carbocycles. The molecule has 0 aliphatic heterocycles. The van der Waals surface area contributed by atoms with Gasteiger partial charge in [-0.15, -0.1) is 0 Å². The van der Waals surface area contributed by atoms with Gasteiger partial charge >= 0.3 is 5.97 Å². The zero-order valence-corrected chi connectivity index (χ0v) is 18.1. The summed E-state index contributed by atoms with van der Waals surface area (Å²) in [7, 11) is 1.25. The number of nitrogens with zero attached hydrogens (tertiary/aromatic N) is 1. The van der Waals surface area contributed by atoms with Gasteiger partial charge in [0.05, 0.1) is 13.2 Å². The average Bonchev–Trinajstić information content (AvgIpc) is 3.31. The number of aryl methyl sites for hydroxylation is 1. The molecule has 1 fully saturated rings. The first-order chi connectivity index (χ1) is 15.1. The molecule has 31 heavy (non-hydrogen) atoms. The largest absolute Gasteiger partial charge is 0.464 e. The average molecular weight is 429 g/mol. The smallest absolute Gasteiger partial charge is 0.360 e. The van der Waals surface area contributed by atoms with E-state index in [9.17, 15) is 14.7 Å². The van der Waals surface area contributed by atoms with Crippen molar-refractivity contribution in [3.8, 4) is 0 Å². The molecule has 1 aromatic heterocycles. The number of oxazole rings is 1. The summed E-state index contributed by atoms with van der Waals surface area (Å²) in [5, 5.41) is 13.8. The highest BCUT2D eigenvalue weighted by atomic mass is 16.5. The molecule has 0 saturated heterocycles. The molecule has 0 spiro atoms. The Balaban J connectivity index is 1.63. The van der Waals surface area contributed by atoms with Crippen molar-refractivity contribution in [2.24, 2.45) is 5.92 Å². The molecule has 1 heterocycles. The van der Waals surface area contributed by atoms with Crippen LogP contribution in [0.2, 0.25) is 0 Å². The predicted octanol–water partition coefficient (Wildman–Crippen LogP) is 3.97. The minimum Gasteiger partial charge on any atom is -0.464 e. The number of nitrogens with one attached hydrogen (secondary N) is 1. The second-order valence-electron chi connectivity index (χ2n) is 8.25. The van der Waals surface area contributed by atoms with E-state index in [2.05, 4.69) is 15.0 Å². The van der Waals surface area contributed by atoms with Crippen molar-refractivity contribution in [3.63, 3.8) is 0 Å². The van der Waals surface area contributed by atoms with Crippen LogP contribution in [0.15, 0.2) is 41.0 Å². The van der Waals surface area contributed by atoms with Crippen molar-refractivity contribution in [2.45, 2.75) is 69.9 Å². The first-order valence-corrected chi connectivity index (χ1v) is 11.1. The Bertz CT molecular complexity index is 830. The fourth-order valence-electron chi connectivity index (χ4n) is 4.16. The third-order valence-electron chi connectivity index (χ3n) is 5.99. The van der Waals surface area contributed by atoms with E-state index in [0.717, 1.165) is 18.2 Å². The summed E-state index contributed by atoms with van der Waals surface area (Å²) in [6.45, 7) is 0. The topological polar surface area (TPSA) is 102 Å². The van der Waals surface area contributed by atoms with Gasteiger partial charge in [-0.1, -0.05) is 62.4 Å². The Morgan fingerprint density at radius 1 is 1.23 bits per heavy atom. The minimum absolute atomic E-state index is 0.00829. The first kappa shape index (κ1) is 23.0. The first-order valence-electron chi connectivity index (χ1n) is 11.1. The van der Waals surface area contributed by atoms with E-state index in [-0.39, 0.29) is 17.5 Å². The van der Waals surface area contributed by atoms with Gasteiger partial charge in [0.25, 0.3) is 0 Å². The molecule has 0 bridgehead atoms. The van der Waals surface area contributed by atoms with Gasteiger partial charge in [-0.25, -0.2) is 9.78 Å². The van der Waals surface area contributed by atoms with Crippen molar-refractivity contribution >= 4 is 11.9 Å². The number of amides is 1. The van der Waals surface area contributed by atoms with Crippen LogP contribution in [0.4, 0.5) is 0 Å². The maximum absolute atomic E-state index is 12.7. The molecule has 2 aromatic rings. The highest BCUT2D eigenvalue weighted by Crippen LogP contribution is 2.27. The molecule has 3 rings (SSSR count). The van der Waals surface area contributed by atoms with Crippen LogP contribution in [0, 0.1) is 5.92 Å². The van der Waals surface area contributed by atoms with Gasteiger partial charge in [0, 0.05) is 6.42 Å². The number of hydrogen-bond donors (Lipinski definition) is 2. The monoisotopic (exact) mass is 428 g/mol. The lowest BCUT2D eigenvalue weighted by Gasteiger charge is -2.24. The number of methoxy groups -OCH3 is 1. The second kappa shape index (κ2) is 11.6. The van der Waals surface area contributed by atoms with Gasteiger partial charge in [-0.3, -0.25) is 4.79 Å². The fourth-order valence-corrected chi connectivity index (χ4v) is 4.16. The molecular formula is C24H32N2O5. The zero-order chi connectivity index (χ0) is 22.1. The Morgan fingerprint density at radius 3 is 2.68 bits per heavy atom. The van der Waals surface area contributed by atoms with E-state index in [1.807, 2.05) is 30.3 Å². The Labute approximate surface area is 183 Å². The van der Waals surface area contributed by atoms with Gasteiger partial charge in [-0.2, -0.15) is 0 Å².